The number of hydrogen-bond acceptors (Lipinski definition) is 7. The summed E-state index contributed by atoms with van der Waals surface area (Å²) >= 11 is 2.84. The lowest BCUT2D eigenvalue weighted by Crippen LogP contribution is -2.31. The number of carbonyl (C=O) groups excluding carboxylic acids is 1. The maximum Gasteiger partial charge on any atom is 0.269 e. The number of carbonyl (C=O) groups is 1. The van der Waals surface area contributed by atoms with Crippen LogP contribution in [0.15, 0.2) is 28.2 Å². The Balaban J connectivity index is 1.43. The van der Waals surface area contributed by atoms with Crippen LogP contribution in [0.1, 0.15) is 47.7 Å². The summed E-state index contributed by atoms with van der Waals surface area (Å²) in [5.74, 6) is 0.0724. The molecule has 5 rings (SSSR count). The van der Waals surface area contributed by atoms with Gasteiger partial charge in [-0.3, -0.25) is 24.3 Å². The summed E-state index contributed by atoms with van der Waals surface area (Å²) in [7, 11) is 0. The summed E-state index contributed by atoms with van der Waals surface area (Å²) in [4.78, 5) is 45.6. The Bertz CT molecular complexity index is 1340. The van der Waals surface area contributed by atoms with Gasteiger partial charge in [-0.05, 0) is 50.3 Å². The molecule has 0 radical (unpaired) electrons. The first-order chi connectivity index (χ1) is 15.8. The quantitative estimate of drug-likeness (QED) is 0.224. The smallest absolute Gasteiger partial charge is 0.269 e. The molecule has 1 saturated carbocycles. The highest BCUT2D eigenvalue weighted by Gasteiger charge is 2.28. The summed E-state index contributed by atoms with van der Waals surface area (Å²) < 4.78 is 1.83. The normalized spacial score (nSPS) is 16.0. The Hall–Kier alpha value is -2.72. The molecule has 0 atom stereocenters. The van der Waals surface area contributed by atoms with Crippen molar-refractivity contribution in [1.82, 2.24) is 9.55 Å². The highest BCUT2D eigenvalue weighted by Crippen LogP contribution is 2.36. The first-order valence-corrected chi connectivity index (χ1v) is 12.9. The number of thioether (sulfide) groups is 1. The SMILES string of the molecule is Cc1sc2nc(SCC(=O)N3CCc4cc([N+](=O)[O-])ccc43)n(C3CCCC3)c(=O)c2c1C. The minimum Gasteiger partial charge on any atom is -0.311 e. The van der Waals surface area contributed by atoms with E-state index in [9.17, 15) is 19.7 Å². The van der Waals surface area contributed by atoms with Gasteiger partial charge in [0.15, 0.2) is 5.16 Å². The lowest BCUT2D eigenvalue weighted by molar-refractivity contribution is -0.384. The lowest BCUT2D eigenvalue weighted by Gasteiger charge is -2.20. The minimum atomic E-state index is -0.418. The second-order valence-electron chi connectivity index (χ2n) is 8.63. The molecule has 33 heavy (non-hydrogen) atoms. The van der Waals surface area contributed by atoms with Crippen molar-refractivity contribution in [3.8, 4) is 0 Å². The van der Waals surface area contributed by atoms with Crippen LogP contribution >= 0.6 is 23.1 Å². The van der Waals surface area contributed by atoms with Crippen LogP contribution in [0.3, 0.4) is 0 Å². The second kappa shape index (κ2) is 8.57. The number of non-ortho nitro benzene ring substituents is 1. The molecule has 2 aromatic heterocycles. The van der Waals surface area contributed by atoms with E-state index in [4.69, 9.17) is 4.98 Å². The Kier molecular flexibility index (Phi) is 5.74. The Morgan fingerprint density at radius 3 is 2.79 bits per heavy atom. The molecule has 0 unspecified atom stereocenters. The fourth-order valence-corrected chi connectivity index (χ4v) is 6.85. The van der Waals surface area contributed by atoms with Crippen molar-refractivity contribution in [2.75, 3.05) is 17.2 Å². The van der Waals surface area contributed by atoms with Crippen molar-refractivity contribution >= 4 is 50.6 Å². The molecule has 0 N–H and O–H groups in total. The molecular weight excluding hydrogens is 460 g/mol. The third-order valence-electron chi connectivity index (χ3n) is 6.69. The predicted molar refractivity (Wildman–Crippen MR) is 131 cm³/mol. The summed E-state index contributed by atoms with van der Waals surface area (Å²) in [6.07, 6.45) is 4.69. The van der Waals surface area contributed by atoms with Gasteiger partial charge >= 0.3 is 0 Å². The van der Waals surface area contributed by atoms with Crippen LogP contribution in [0, 0.1) is 24.0 Å². The summed E-state index contributed by atoms with van der Waals surface area (Å²) in [6.45, 7) is 4.48. The van der Waals surface area contributed by atoms with E-state index >= 15 is 0 Å². The molecule has 172 valence electrons. The van der Waals surface area contributed by atoms with Gasteiger partial charge in [0.2, 0.25) is 5.91 Å². The van der Waals surface area contributed by atoms with Crippen molar-refractivity contribution in [2.45, 2.75) is 57.1 Å². The molecule has 0 saturated heterocycles. The van der Waals surface area contributed by atoms with Gasteiger partial charge in [0.25, 0.3) is 11.2 Å². The van der Waals surface area contributed by atoms with Crippen molar-refractivity contribution in [2.24, 2.45) is 0 Å². The molecule has 3 aromatic rings. The molecule has 0 spiro atoms. The average Bonchev–Trinajstić information content (AvgIpc) is 3.51. The molecule has 1 fully saturated rings. The molecule has 8 nitrogen and oxygen atoms in total. The van der Waals surface area contributed by atoms with E-state index < -0.39 is 4.92 Å². The highest BCUT2D eigenvalue weighted by molar-refractivity contribution is 7.99. The van der Waals surface area contributed by atoms with Gasteiger partial charge in [0.05, 0.1) is 16.1 Å². The number of aromatic nitrogens is 2. The molecule has 2 aliphatic rings. The number of rotatable bonds is 5. The van der Waals surface area contributed by atoms with E-state index in [2.05, 4.69) is 0 Å². The Labute approximate surface area is 198 Å². The van der Waals surface area contributed by atoms with Gasteiger partial charge in [-0.25, -0.2) is 4.98 Å². The maximum absolute atomic E-state index is 13.5. The number of nitro benzene ring substituents is 1. The van der Waals surface area contributed by atoms with Gasteiger partial charge < -0.3 is 4.90 Å². The van der Waals surface area contributed by atoms with E-state index in [-0.39, 0.29) is 28.9 Å². The predicted octanol–water partition coefficient (Wildman–Crippen LogP) is 4.78. The number of amides is 1. The Morgan fingerprint density at radius 1 is 1.30 bits per heavy atom. The van der Waals surface area contributed by atoms with E-state index in [1.165, 1.54) is 29.2 Å². The van der Waals surface area contributed by atoms with E-state index in [0.717, 1.165) is 52.2 Å². The first kappa shape index (κ1) is 22.1. The third kappa shape index (κ3) is 3.85. The number of nitro groups is 1. The molecule has 0 bridgehead atoms. The number of nitrogens with zero attached hydrogens (tertiary/aromatic N) is 4. The van der Waals surface area contributed by atoms with Gasteiger partial charge in [0.1, 0.15) is 4.83 Å². The standard InChI is InChI=1S/C23H24N4O4S2/c1-13-14(2)33-21-20(13)22(29)26(16-5-3-4-6-16)23(24-21)32-12-19(28)25-10-9-15-11-17(27(30)31)7-8-18(15)25/h7-8,11,16H,3-6,9-10,12H2,1-2H3. The van der Waals surface area contributed by atoms with Crippen molar-refractivity contribution in [3.63, 3.8) is 0 Å². The molecule has 1 aliphatic carbocycles. The van der Waals surface area contributed by atoms with E-state index in [0.29, 0.717) is 23.5 Å². The molecule has 1 amide bonds. The monoisotopic (exact) mass is 484 g/mol. The molecule has 3 heterocycles. The number of fused-ring (bicyclic) bond motifs is 2. The second-order valence-corrected chi connectivity index (χ2v) is 10.8. The lowest BCUT2D eigenvalue weighted by atomic mass is 10.1. The largest absolute Gasteiger partial charge is 0.311 e. The van der Waals surface area contributed by atoms with Gasteiger partial charge in [-0.15, -0.1) is 11.3 Å². The number of anilines is 1. The topological polar surface area (TPSA) is 98.3 Å². The van der Waals surface area contributed by atoms with Crippen LogP contribution in [0.2, 0.25) is 0 Å². The number of aryl methyl sites for hydroxylation is 2. The van der Waals surface area contributed by atoms with Crippen LogP contribution in [0.25, 0.3) is 10.2 Å². The zero-order valence-corrected chi connectivity index (χ0v) is 20.1. The minimum absolute atomic E-state index is 0.00234. The molecule has 10 heteroatoms. The molecular formula is C23H24N4O4S2. The Morgan fingerprint density at radius 2 is 2.06 bits per heavy atom. The third-order valence-corrected chi connectivity index (χ3v) is 8.73. The zero-order valence-electron chi connectivity index (χ0n) is 18.5. The fourth-order valence-electron chi connectivity index (χ4n) is 4.84. The highest BCUT2D eigenvalue weighted by atomic mass is 32.2. The number of hydrogen-bond donors (Lipinski definition) is 0. The number of benzene rings is 1. The van der Waals surface area contributed by atoms with Gasteiger partial charge in [-0.2, -0.15) is 0 Å². The van der Waals surface area contributed by atoms with Crippen molar-refractivity contribution in [3.05, 3.63) is 54.7 Å². The number of thiophene rings is 1. The van der Waals surface area contributed by atoms with Crippen LogP contribution in [0.4, 0.5) is 11.4 Å². The maximum atomic E-state index is 13.5. The van der Waals surface area contributed by atoms with Crippen molar-refractivity contribution in [1.29, 1.82) is 0 Å². The summed E-state index contributed by atoms with van der Waals surface area (Å²) in [5.41, 5.74) is 2.58. The molecule has 1 aromatic carbocycles. The summed E-state index contributed by atoms with van der Waals surface area (Å²) in [6, 6.07) is 4.76. The average molecular weight is 485 g/mol. The van der Waals surface area contributed by atoms with Crippen molar-refractivity contribution < 1.29 is 9.72 Å². The van der Waals surface area contributed by atoms with Crippen LogP contribution in [0.5, 0.6) is 0 Å². The fraction of sp³-hybridized carbons (Fsp3) is 0.435. The molecule has 1 aliphatic heterocycles. The zero-order chi connectivity index (χ0) is 23.3. The first-order valence-electron chi connectivity index (χ1n) is 11.1. The van der Waals surface area contributed by atoms with E-state index in [1.807, 2.05) is 18.4 Å². The van der Waals surface area contributed by atoms with Crippen LogP contribution in [-0.2, 0) is 11.2 Å². The van der Waals surface area contributed by atoms with Gasteiger partial charge in [0, 0.05) is 35.3 Å². The van der Waals surface area contributed by atoms with E-state index in [1.54, 1.807) is 17.0 Å². The van der Waals surface area contributed by atoms with Crippen LogP contribution in [-0.4, -0.2) is 32.7 Å². The summed E-state index contributed by atoms with van der Waals surface area (Å²) in [5, 5.41) is 12.4. The van der Waals surface area contributed by atoms with Gasteiger partial charge in [-0.1, -0.05) is 24.6 Å². The van der Waals surface area contributed by atoms with Crippen LogP contribution < -0.4 is 10.5 Å².